The van der Waals surface area contributed by atoms with Gasteiger partial charge in [0.1, 0.15) is 11.4 Å². The number of aliphatic hydroxyl groups excluding tert-OH is 1. The molecular formula is C24H23N7O3. The topological polar surface area (TPSA) is 129 Å². The molecule has 0 unspecified atom stereocenters. The molecule has 4 aromatic rings. The number of hydrogen-bond donors (Lipinski definition) is 3. The Morgan fingerprint density at radius 1 is 1.15 bits per heavy atom. The standard InChI is InChI=1S/C24H23N7O3/c1-31-10-9-16-11-17(7-8-18(16)23(31)33)28-24-25-12-19(22-26-14-27-34-22)21(30-24)29-20(13-32)15-5-3-2-4-6-15/h2-8,11-12,14,20,32H,9-10,13H2,1H3,(H2,25,28,29,30)/t20-/m1/s1. The van der Waals surface area contributed by atoms with E-state index in [9.17, 15) is 9.90 Å². The summed E-state index contributed by atoms with van der Waals surface area (Å²) >= 11 is 0. The third-order valence-electron chi connectivity index (χ3n) is 5.73. The Kier molecular flexibility index (Phi) is 5.88. The Labute approximate surface area is 195 Å². The van der Waals surface area contributed by atoms with E-state index in [0.29, 0.717) is 29.4 Å². The molecule has 172 valence electrons. The van der Waals surface area contributed by atoms with Crippen LogP contribution in [-0.4, -0.2) is 56.2 Å². The molecule has 1 aliphatic heterocycles. The molecular weight excluding hydrogens is 434 g/mol. The second kappa shape index (κ2) is 9.28. The Morgan fingerprint density at radius 3 is 2.76 bits per heavy atom. The highest BCUT2D eigenvalue weighted by atomic mass is 16.5. The van der Waals surface area contributed by atoms with E-state index >= 15 is 0 Å². The van der Waals surface area contributed by atoms with Crippen LogP contribution in [0.3, 0.4) is 0 Å². The second-order valence-corrected chi connectivity index (χ2v) is 7.97. The monoisotopic (exact) mass is 457 g/mol. The van der Waals surface area contributed by atoms with Gasteiger partial charge in [0, 0.05) is 31.0 Å². The van der Waals surface area contributed by atoms with Crippen LogP contribution in [-0.2, 0) is 6.42 Å². The molecule has 1 amide bonds. The fourth-order valence-electron chi connectivity index (χ4n) is 3.90. The average Bonchev–Trinajstić information content (AvgIpc) is 3.40. The first-order valence-electron chi connectivity index (χ1n) is 10.8. The Morgan fingerprint density at radius 2 is 2.00 bits per heavy atom. The van der Waals surface area contributed by atoms with Gasteiger partial charge in [-0.25, -0.2) is 4.98 Å². The van der Waals surface area contributed by atoms with E-state index < -0.39 is 6.04 Å². The highest BCUT2D eigenvalue weighted by molar-refractivity contribution is 5.97. The number of aliphatic hydroxyl groups is 1. The first-order chi connectivity index (χ1) is 16.6. The van der Waals surface area contributed by atoms with Crippen LogP contribution in [0.2, 0.25) is 0 Å². The molecule has 1 atom stereocenters. The van der Waals surface area contributed by atoms with Crippen LogP contribution in [0.5, 0.6) is 0 Å². The van der Waals surface area contributed by atoms with Crippen LogP contribution >= 0.6 is 0 Å². The summed E-state index contributed by atoms with van der Waals surface area (Å²) in [6.07, 6.45) is 3.67. The zero-order chi connectivity index (χ0) is 23.5. The fourth-order valence-corrected chi connectivity index (χ4v) is 3.90. The zero-order valence-corrected chi connectivity index (χ0v) is 18.5. The molecule has 10 heteroatoms. The maximum absolute atomic E-state index is 12.4. The van der Waals surface area contributed by atoms with Crippen molar-refractivity contribution in [1.82, 2.24) is 25.0 Å². The molecule has 3 heterocycles. The first kappa shape index (κ1) is 21.5. The molecule has 0 aliphatic carbocycles. The van der Waals surface area contributed by atoms with Crippen molar-refractivity contribution in [2.75, 3.05) is 30.8 Å². The van der Waals surface area contributed by atoms with Gasteiger partial charge >= 0.3 is 0 Å². The van der Waals surface area contributed by atoms with Crippen molar-refractivity contribution < 1.29 is 14.4 Å². The smallest absolute Gasteiger partial charge is 0.262 e. The summed E-state index contributed by atoms with van der Waals surface area (Å²) in [4.78, 5) is 27.2. The van der Waals surface area contributed by atoms with E-state index in [-0.39, 0.29) is 18.4 Å². The molecule has 2 aromatic carbocycles. The summed E-state index contributed by atoms with van der Waals surface area (Å²) in [5.41, 5.74) is 3.88. The first-order valence-corrected chi connectivity index (χ1v) is 10.8. The van der Waals surface area contributed by atoms with E-state index in [1.807, 2.05) is 48.5 Å². The minimum atomic E-state index is -0.405. The Hall–Kier alpha value is -4.31. The maximum atomic E-state index is 12.4. The Balaban J connectivity index is 1.46. The molecule has 0 saturated heterocycles. The SMILES string of the molecule is CN1CCc2cc(Nc3ncc(-c4ncno4)c(N[C@H](CO)c4ccccc4)n3)ccc2C1=O. The Bertz CT molecular complexity index is 1300. The summed E-state index contributed by atoms with van der Waals surface area (Å²) in [5, 5.41) is 20.2. The molecule has 0 spiro atoms. The molecule has 10 nitrogen and oxygen atoms in total. The van der Waals surface area contributed by atoms with Crippen molar-refractivity contribution in [3.63, 3.8) is 0 Å². The lowest BCUT2D eigenvalue weighted by Crippen LogP contribution is -2.34. The number of nitrogens with one attached hydrogen (secondary N) is 2. The third kappa shape index (κ3) is 4.30. The van der Waals surface area contributed by atoms with E-state index in [1.165, 1.54) is 6.33 Å². The number of carbonyl (C=O) groups excluding carboxylic acids is 1. The van der Waals surface area contributed by atoms with Crippen molar-refractivity contribution >= 4 is 23.4 Å². The van der Waals surface area contributed by atoms with Gasteiger partial charge in [0.15, 0.2) is 6.33 Å². The van der Waals surface area contributed by atoms with Crippen LogP contribution in [0.15, 0.2) is 65.6 Å². The fraction of sp³-hybridized carbons (Fsp3) is 0.208. The molecule has 3 N–H and O–H groups in total. The number of hydrogen-bond acceptors (Lipinski definition) is 9. The van der Waals surface area contributed by atoms with Crippen molar-refractivity contribution in [1.29, 1.82) is 0 Å². The van der Waals surface area contributed by atoms with Crippen LogP contribution in [0, 0.1) is 0 Å². The predicted molar refractivity (Wildman–Crippen MR) is 126 cm³/mol. The van der Waals surface area contributed by atoms with Gasteiger partial charge < -0.3 is 25.2 Å². The largest absolute Gasteiger partial charge is 0.394 e. The van der Waals surface area contributed by atoms with Gasteiger partial charge in [-0.2, -0.15) is 9.97 Å². The molecule has 2 aromatic heterocycles. The summed E-state index contributed by atoms with van der Waals surface area (Å²) < 4.78 is 5.22. The normalized spacial score (nSPS) is 13.9. The molecule has 1 aliphatic rings. The molecule has 0 radical (unpaired) electrons. The molecule has 0 saturated carbocycles. The van der Waals surface area contributed by atoms with E-state index in [1.54, 1.807) is 18.1 Å². The number of fused-ring (bicyclic) bond motifs is 1. The van der Waals surface area contributed by atoms with E-state index in [4.69, 9.17) is 4.52 Å². The quantitative estimate of drug-likeness (QED) is 0.383. The number of anilines is 3. The van der Waals surface area contributed by atoms with Gasteiger partial charge in [0.25, 0.3) is 11.8 Å². The van der Waals surface area contributed by atoms with Crippen LogP contribution < -0.4 is 10.6 Å². The van der Waals surface area contributed by atoms with Crippen molar-refractivity contribution in [2.45, 2.75) is 12.5 Å². The molecule has 5 rings (SSSR count). The van der Waals surface area contributed by atoms with Gasteiger partial charge in [0.05, 0.1) is 12.6 Å². The summed E-state index contributed by atoms with van der Waals surface area (Å²) in [6.45, 7) is 0.536. The maximum Gasteiger partial charge on any atom is 0.262 e. The molecule has 0 bridgehead atoms. The van der Waals surface area contributed by atoms with E-state index in [0.717, 1.165) is 23.2 Å². The number of amides is 1. The van der Waals surface area contributed by atoms with Crippen molar-refractivity contribution in [3.8, 4) is 11.5 Å². The van der Waals surface area contributed by atoms with Gasteiger partial charge in [0.2, 0.25) is 5.95 Å². The van der Waals surface area contributed by atoms with Crippen LogP contribution in [0.1, 0.15) is 27.5 Å². The zero-order valence-electron chi connectivity index (χ0n) is 18.5. The van der Waals surface area contributed by atoms with Gasteiger partial charge in [-0.3, -0.25) is 4.79 Å². The van der Waals surface area contributed by atoms with Gasteiger partial charge in [-0.05, 0) is 35.7 Å². The van der Waals surface area contributed by atoms with Crippen LogP contribution in [0.25, 0.3) is 11.5 Å². The number of rotatable bonds is 7. The molecule has 34 heavy (non-hydrogen) atoms. The van der Waals surface area contributed by atoms with E-state index in [2.05, 4.69) is 30.7 Å². The van der Waals surface area contributed by atoms with Gasteiger partial charge in [-0.1, -0.05) is 35.5 Å². The van der Waals surface area contributed by atoms with Crippen LogP contribution in [0.4, 0.5) is 17.5 Å². The average molecular weight is 457 g/mol. The summed E-state index contributed by atoms with van der Waals surface area (Å²) in [5.74, 6) is 1.06. The van der Waals surface area contributed by atoms with Crippen molar-refractivity contribution in [2.24, 2.45) is 0 Å². The minimum absolute atomic E-state index is 0.0235. The second-order valence-electron chi connectivity index (χ2n) is 7.97. The highest BCUT2D eigenvalue weighted by Gasteiger charge is 2.22. The van der Waals surface area contributed by atoms with Crippen molar-refractivity contribution in [3.05, 3.63) is 77.7 Å². The lowest BCUT2D eigenvalue weighted by atomic mass is 9.99. The number of likely N-dealkylation sites (N-methyl/N-ethyl adjacent to an activating group) is 1. The number of aromatic nitrogens is 4. The lowest BCUT2D eigenvalue weighted by Gasteiger charge is -2.25. The summed E-state index contributed by atoms with van der Waals surface area (Å²) in [7, 11) is 1.81. The number of benzene rings is 2. The van der Waals surface area contributed by atoms with Gasteiger partial charge in [-0.15, -0.1) is 0 Å². The number of carbonyl (C=O) groups is 1. The summed E-state index contributed by atoms with van der Waals surface area (Å²) in [6, 6.07) is 14.8. The minimum Gasteiger partial charge on any atom is -0.394 e. The number of nitrogens with zero attached hydrogens (tertiary/aromatic N) is 5. The highest BCUT2D eigenvalue weighted by Crippen LogP contribution is 2.29. The molecule has 0 fully saturated rings. The lowest BCUT2D eigenvalue weighted by molar-refractivity contribution is 0.0781. The third-order valence-corrected chi connectivity index (χ3v) is 5.73. The predicted octanol–water partition coefficient (Wildman–Crippen LogP) is 3.04.